The van der Waals surface area contributed by atoms with Gasteiger partial charge in [0, 0.05) is 24.0 Å². The Morgan fingerprint density at radius 1 is 1.42 bits per heavy atom. The van der Waals surface area contributed by atoms with Crippen LogP contribution in [0, 0.1) is 5.92 Å². The molecule has 0 unspecified atom stereocenters. The molecule has 128 valence electrons. The minimum atomic E-state index is -0.235. The second-order valence-corrected chi connectivity index (χ2v) is 7.88. The summed E-state index contributed by atoms with van der Waals surface area (Å²) in [7, 11) is 0. The Morgan fingerprint density at radius 2 is 2.25 bits per heavy atom. The first-order chi connectivity index (χ1) is 11.5. The molecule has 4 nitrogen and oxygen atoms in total. The summed E-state index contributed by atoms with van der Waals surface area (Å²) < 4.78 is 0. The predicted molar refractivity (Wildman–Crippen MR) is 100 cm³/mol. The van der Waals surface area contributed by atoms with Crippen LogP contribution in [0.4, 0.5) is 5.13 Å². The number of carbonyl (C=O) groups excluding carboxylic acids is 1. The zero-order valence-corrected chi connectivity index (χ0v) is 15.7. The normalized spacial score (nSPS) is 18.5. The minimum absolute atomic E-state index is 0.235. The maximum Gasteiger partial charge on any atom is 0.257 e. The van der Waals surface area contributed by atoms with Crippen molar-refractivity contribution in [1.82, 2.24) is 9.88 Å². The van der Waals surface area contributed by atoms with E-state index >= 15 is 0 Å². The second-order valence-electron chi connectivity index (χ2n) is 6.21. The molecule has 7 heteroatoms. The number of anilines is 1. The van der Waals surface area contributed by atoms with Crippen molar-refractivity contribution in [3.8, 4) is 0 Å². The second kappa shape index (κ2) is 7.83. The van der Waals surface area contributed by atoms with Crippen molar-refractivity contribution in [2.75, 3.05) is 18.4 Å². The molecule has 0 aliphatic carbocycles. The maximum absolute atomic E-state index is 12.3. The molecule has 1 amide bonds. The summed E-state index contributed by atoms with van der Waals surface area (Å²) in [6.07, 6.45) is 2.55. The summed E-state index contributed by atoms with van der Waals surface area (Å²) in [6, 6.07) is 4.82. The molecule has 1 saturated heterocycles. The quantitative estimate of drug-likeness (QED) is 0.813. The van der Waals surface area contributed by atoms with Gasteiger partial charge in [0.15, 0.2) is 5.13 Å². The van der Waals surface area contributed by atoms with E-state index in [2.05, 4.69) is 22.1 Å². The molecule has 1 fully saturated rings. The number of amides is 1. The number of halogens is 2. The predicted octanol–water partition coefficient (Wildman–Crippen LogP) is 4.93. The van der Waals surface area contributed by atoms with E-state index in [0.29, 0.717) is 20.7 Å². The molecule has 0 bridgehead atoms. The van der Waals surface area contributed by atoms with Crippen LogP contribution in [0.2, 0.25) is 10.0 Å². The molecule has 3 rings (SSSR count). The van der Waals surface area contributed by atoms with Gasteiger partial charge in [-0.15, -0.1) is 11.3 Å². The van der Waals surface area contributed by atoms with Crippen molar-refractivity contribution in [2.24, 2.45) is 5.92 Å². The summed E-state index contributed by atoms with van der Waals surface area (Å²) in [6.45, 7) is 5.36. The third kappa shape index (κ3) is 4.48. The number of nitrogens with one attached hydrogen (secondary N) is 1. The van der Waals surface area contributed by atoms with Crippen molar-refractivity contribution < 1.29 is 4.79 Å². The molecule has 2 heterocycles. The van der Waals surface area contributed by atoms with Gasteiger partial charge in [-0.25, -0.2) is 4.98 Å². The van der Waals surface area contributed by atoms with Crippen molar-refractivity contribution in [3.05, 3.63) is 44.9 Å². The number of rotatable bonds is 4. The maximum atomic E-state index is 12.3. The first kappa shape index (κ1) is 17.7. The van der Waals surface area contributed by atoms with Crippen LogP contribution in [0.5, 0.6) is 0 Å². The van der Waals surface area contributed by atoms with Gasteiger partial charge in [-0.1, -0.05) is 30.1 Å². The number of hydrogen-bond donors (Lipinski definition) is 1. The van der Waals surface area contributed by atoms with Gasteiger partial charge in [-0.05, 0) is 43.5 Å². The van der Waals surface area contributed by atoms with Crippen LogP contribution in [0.25, 0.3) is 0 Å². The Morgan fingerprint density at radius 3 is 3.00 bits per heavy atom. The monoisotopic (exact) mass is 383 g/mol. The molecule has 1 aromatic carbocycles. The van der Waals surface area contributed by atoms with E-state index in [9.17, 15) is 4.79 Å². The SMILES string of the molecule is C[C@@H]1CCCN(Cc2csc(NC(=O)c3ccc(Cl)c(Cl)c3)n2)C1. The lowest BCUT2D eigenvalue weighted by atomic mass is 10.0. The fourth-order valence-electron chi connectivity index (χ4n) is 2.90. The smallest absolute Gasteiger partial charge is 0.257 e. The molecular formula is C17H19Cl2N3OS. The number of piperidine rings is 1. The standard InChI is InChI=1S/C17H19Cl2N3OS/c1-11-3-2-6-22(8-11)9-13-10-24-17(20-13)21-16(23)12-4-5-14(18)15(19)7-12/h4-5,7,10-11H,2-3,6,8-9H2,1H3,(H,20,21,23)/t11-/m1/s1. The van der Waals surface area contributed by atoms with Gasteiger partial charge in [-0.2, -0.15) is 0 Å². The number of benzene rings is 1. The Balaban J connectivity index is 1.61. The third-order valence-electron chi connectivity index (χ3n) is 4.08. The van der Waals surface area contributed by atoms with Crippen molar-refractivity contribution in [3.63, 3.8) is 0 Å². The Hall–Kier alpha value is -1.14. The molecule has 1 aliphatic rings. The van der Waals surface area contributed by atoms with E-state index in [1.54, 1.807) is 18.2 Å². The first-order valence-electron chi connectivity index (χ1n) is 7.94. The van der Waals surface area contributed by atoms with Crippen LogP contribution in [-0.4, -0.2) is 28.9 Å². The topological polar surface area (TPSA) is 45.2 Å². The van der Waals surface area contributed by atoms with Crippen LogP contribution >= 0.6 is 34.5 Å². The summed E-state index contributed by atoms with van der Waals surface area (Å²) >= 11 is 13.3. The molecule has 0 radical (unpaired) electrons. The van der Waals surface area contributed by atoms with Gasteiger partial charge in [0.05, 0.1) is 15.7 Å². The van der Waals surface area contributed by atoms with E-state index < -0.39 is 0 Å². The van der Waals surface area contributed by atoms with Gasteiger partial charge in [-0.3, -0.25) is 15.0 Å². The van der Waals surface area contributed by atoms with E-state index in [-0.39, 0.29) is 5.91 Å². The molecule has 24 heavy (non-hydrogen) atoms. The van der Waals surface area contributed by atoms with Crippen LogP contribution in [0.15, 0.2) is 23.6 Å². The molecule has 2 aromatic rings. The average molecular weight is 384 g/mol. The van der Waals surface area contributed by atoms with Gasteiger partial charge < -0.3 is 0 Å². The van der Waals surface area contributed by atoms with Crippen LogP contribution < -0.4 is 5.32 Å². The number of hydrogen-bond acceptors (Lipinski definition) is 4. The molecule has 1 atom stereocenters. The molecule has 1 aromatic heterocycles. The zero-order valence-electron chi connectivity index (χ0n) is 13.4. The molecule has 0 spiro atoms. The highest BCUT2D eigenvalue weighted by molar-refractivity contribution is 7.14. The molecular weight excluding hydrogens is 365 g/mol. The molecule has 0 saturated carbocycles. The molecule has 1 N–H and O–H groups in total. The van der Waals surface area contributed by atoms with Crippen LogP contribution in [0.1, 0.15) is 35.8 Å². The number of nitrogens with zero attached hydrogens (tertiary/aromatic N) is 2. The third-order valence-corrected chi connectivity index (χ3v) is 5.63. The van der Waals surface area contributed by atoms with Gasteiger partial charge >= 0.3 is 0 Å². The van der Waals surface area contributed by atoms with Crippen LogP contribution in [-0.2, 0) is 6.54 Å². The highest BCUT2D eigenvalue weighted by atomic mass is 35.5. The lowest BCUT2D eigenvalue weighted by molar-refractivity contribution is 0.102. The van der Waals surface area contributed by atoms with Crippen molar-refractivity contribution >= 4 is 45.6 Å². The van der Waals surface area contributed by atoms with E-state index in [1.165, 1.54) is 24.2 Å². The van der Waals surface area contributed by atoms with Crippen molar-refractivity contribution in [2.45, 2.75) is 26.3 Å². The van der Waals surface area contributed by atoms with E-state index in [4.69, 9.17) is 23.2 Å². The molecule has 1 aliphatic heterocycles. The Bertz CT molecular complexity index is 734. The summed E-state index contributed by atoms with van der Waals surface area (Å²) in [4.78, 5) is 19.2. The van der Waals surface area contributed by atoms with Crippen LogP contribution in [0.3, 0.4) is 0 Å². The number of thiazole rings is 1. The summed E-state index contributed by atoms with van der Waals surface area (Å²) in [5.74, 6) is 0.507. The van der Waals surface area contributed by atoms with Gasteiger partial charge in [0.2, 0.25) is 0 Å². The largest absolute Gasteiger partial charge is 0.298 e. The highest BCUT2D eigenvalue weighted by Crippen LogP contribution is 2.24. The fraction of sp³-hybridized carbons (Fsp3) is 0.412. The summed E-state index contributed by atoms with van der Waals surface area (Å²) in [5, 5.41) is 6.22. The fourth-order valence-corrected chi connectivity index (χ4v) is 3.90. The number of carbonyl (C=O) groups is 1. The highest BCUT2D eigenvalue weighted by Gasteiger charge is 2.18. The zero-order chi connectivity index (χ0) is 17.1. The lowest BCUT2D eigenvalue weighted by Crippen LogP contribution is -2.33. The first-order valence-corrected chi connectivity index (χ1v) is 9.58. The number of aromatic nitrogens is 1. The Kier molecular flexibility index (Phi) is 5.76. The van der Waals surface area contributed by atoms with E-state index in [0.717, 1.165) is 31.2 Å². The van der Waals surface area contributed by atoms with Crippen molar-refractivity contribution in [1.29, 1.82) is 0 Å². The number of likely N-dealkylation sites (tertiary alicyclic amines) is 1. The van der Waals surface area contributed by atoms with Gasteiger partial charge in [0.25, 0.3) is 5.91 Å². The van der Waals surface area contributed by atoms with E-state index in [1.807, 2.05) is 5.38 Å². The van der Waals surface area contributed by atoms with Gasteiger partial charge in [0.1, 0.15) is 0 Å². The summed E-state index contributed by atoms with van der Waals surface area (Å²) in [5.41, 5.74) is 1.46. The lowest BCUT2D eigenvalue weighted by Gasteiger charge is -2.30. The average Bonchev–Trinajstić information content (AvgIpc) is 2.97. The Labute approximate surface area is 155 Å². The minimum Gasteiger partial charge on any atom is -0.298 e.